The van der Waals surface area contributed by atoms with Gasteiger partial charge in [-0.2, -0.15) is 0 Å². The highest BCUT2D eigenvalue weighted by molar-refractivity contribution is 7.09. The molecule has 0 N–H and O–H groups in total. The van der Waals surface area contributed by atoms with Crippen molar-refractivity contribution < 1.29 is 23.9 Å². The summed E-state index contributed by atoms with van der Waals surface area (Å²) >= 11 is 1.50. The Kier molecular flexibility index (Phi) is 6.58. The molecule has 9 heteroatoms. The summed E-state index contributed by atoms with van der Waals surface area (Å²) in [6.07, 6.45) is 1.22. The molecule has 2 aliphatic heterocycles. The monoisotopic (exact) mass is 423 g/mol. The number of esters is 1. The molecule has 2 saturated heterocycles. The summed E-state index contributed by atoms with van der Waals surface area (Å²) in [5, 5.41) is 2.75. The van der Waals surface area contributed by atoms with E-state index in [9.17, 15) is 14.4 Å². The van der Waals surface area contributed by atoms with Gasteiger partial charge in [-0.15, -0.1) is 11.3 Å². The van der Waals surface area contributed by atoms with Gasteiger partial charge in [0.15, 0.2) is 0 Å². The zero-order chi connectivity index (χ0) is 21.2. The lowest BCUT2D eigenvalue weighted by atomic mass is 9.76. The molecule has 29 heavy (non-hydrogen) atoms. The van der Waals surface area contributed by atoms with Crippen LogP contribution in [0.2, 0.25) is 0 Å². The molecule has 2 aliphatic rings. The van der Waals surface area contributed by atoms with Gasteiger partial charge >= 0.3 is 5.97 Å². The second-order valence-electron chi connectivity index (χ2n) is 7.94. The van der Waals surface area contributed by atoms with Crippen LogP contribution in [0.5, 0.6) is 0 Å². The van der Waals surface area contributed by atoms with Crippen LogP contribution >= 0.6 is 11.3 Å². The van der Waals surface area contributed by atoms with Crippen molar-refractivity contribution in [2.75, 3.05) is 40.5 Å². The largest absolute Gasteiger partial charge is 0.469 e. The Morgan fingerprint density at radius 1 is 1.31 bits per heavy atom. The number of aromatic nitrogens is 1. The Morgan fingerprint density at radius 3 is 2.55 bits per heavy atom. The number of methoxy groups -OCH3 is 2. The Hall–Kier alpha value is -2.00. The molecule has 0 bridgehead atoms. The maximum absolute atomic E-state index is 12.9. The van der Waals surface area contributed by atoms with Crippen LogP contribution in [0.15, 0.2) is 5.38 Å². The van der Waals surface area contributed by atoms with Gasteiger partial charge in [-0.05, 0) is 12.8 Å². The summed E-state index contributed by atoms with van der Waals surface area (Å²) in [5.41, 5.74) is -0.150. The lowest BCUT2D eigenvalue weighted by Gasteiger charge is -2.46. The highest BCUT2D eigenvalue weighted by Gasteiger charge is 2.57. The number of ether oxygens (including phenoxy) is 2. The molecule has 3 heterocycles. The summed E-state index contributed by atoms with van der Waals surface area (Å²) in [6, 6.07) is 0. The zero-order valence-electron chi connectivity index (χ0n) is 17.5. The number of carbonyl (C=O) groups excluding carboxylic acids is 3. The summed E-state index contributed by atoms with van der Waals surface area (Å²) < 4.78 is 10.2. The first-order valence-electron chi connectivity index (χ1n) is 9.96. The first-order valence-corrected chi connectivity index (χ1v) is 10.8. The van der Waals surface area contributed by atoms with Crippen LogP contribution in [0.3, 0.4) is 0 Å². The third-order valence-electron chi connectivity index (χ3n) is 6.02. The maximum atomic E-state index is 12.9. The average molecular weight is 424 g/mol. The number of carbonyl (C=O) groups is 3. The molecule has 1 spiro atoms. The van der Waals surface area contributed by atoms with E-state index in [1.165, 1.54) is 18.4 Å². The van der Waals surface area contributed by atoms with Crippen molar-refractivity contribution in [3.05, 3.63) is 16.1 Å². The number of rotatable bonds is 6. The van der Waals surface area contributed by atoms with E-state index < -0.39 is 11.5 Å². The number of likely N-dealkylation sites (tertiary alicyclic amines) is 2. The van der Waals surface area contributed by atoms with Crippen molar-refractivity contribution in [3.8, 4) is 0 Å². The van der Waals surface area contributed by atoms with E-state index in [1.807, 2.05) is 5.38 Å². The fraction of sp³-hybridized carbons (Fsp3) is 0.700. The third kappa shape index (κ3) is 4.02. The van der Waals surface area contributed by atoms with Gasteiger partial charge in [-0.1, -0.05) is 13.8 Å². The van der Waals surface area contributed by atoms with Crippen LogP contribution in [-0.2, 0) is 19.1 Å². The van der Waals surface area contributed by atoms with Crippen molar-refractivity contribution in [1.82, 2.24) is 14.8 Å². The molecular formula is C20H29N3O5S. The second kappa shape index (κ2) is 8.79. The standard InChI is InChI=1S/C20H29N3O5S/c1-13(2)17-21-15(12-29-17)18(25)22-7-5-20(6-8-22)14(19(26)28-4)11-16(24)23(20)9-10-27-3/h12-14H,5-11H2,1-4H3. The molecule has 1 aromatic heterocycles. The summed E-state index contributed by atoms with van der Waals surface area (Å²) in [7, 11) is 2.94. The quantitative estimate of drug-likeness (QED) is 0.650. The molecule has 0 aliphatic carbocycles. The Labute approximate surface area is 175 Å². The van der Waals surface area contributed by atoms with Gasteiger partial charge in [0.05, 0.1) is 30.2 Å². The lowest BCUT2D eigenvalue weighted by Crippen LogP contribution is -2.58. The normalized spacial score (nSPS) is 21.3. The topological polar surface area (TPSA) is 89.0 Å². The van der Waals surface area contributed by atoms with Crippen LogP contribution < -0.4 is 0 Å². The Morgan fingerprint density at radius 2 is 2.00 bits per heavy atom. The molecule has 2 amide bonds. The van der Waals surface area contributed by atoms with Crippen molar-refractivity contribution in [1.29, 1.82) is 0 Å². The lowest BCUT2D eigenvalue weighted by molar-refractivity contribution is -0.150. The van der Waals surface area contributed by atoms with Crippen molar-refractivity contribution >= 4 is 29.1 Å². The molecule has 0 radical (unpaired) electrons. The molecule has 0 aromatic carbocycles. The highest BCUT2D eigenvalue weighted by atomic mass is 32.1. The van der Waals surface area contributed by atoms with E-state index in [0.29, 0.717) is 44.8 Å². The van der Waals surface area contributed by atoms with E-state index in [2.05, 4.69) is 18.8 Å². The van der Waals surface area contributed by atoms with Gasteiger partial charge in [0.2, 0.25) is 5.91 Å². The number of nitrogens with zero attached hydrogens (tertiary/aromatic N) is 3. The summed E-state index contributed by atoms with van der Waals surface area (Å²) in [4.78, 5) is 46.0. The van der Waals surface area contributed by atoms with Crippen molar-refractivity contribution in [3.63, 3.8) is 0 Å². The van der Waals surface area contributed by atoms with Crippen molar-refractivity contribution in [2.45, 2.75) is 44.6 Å². The summed E-state index contributed by atoms with van der Waals surface area (Å²) in [5.74, 6) is -0.741. The maximum Gasteiger partial charge on any atom is 0.311 e. The minimum absolute atomic E-state index is 0.0571. The van der Waals surface area contributed by atoms with Crippen molar-refractivity contribution in [2.24, 2.45) is 5.92 Å². The van der Waals surface area contributed by atoms with Gasteiger partial charge in [0.25, 0.3) is 5.91 Å². The molecular weight excluding hydrogens is 394 g/mol. The molecule has 3 rings (SSSR count). The summed E-state index contributed by atoms with van der Waals surface area (Å²) in [6.45, 7) is 5.88. The Balaban J connectivity index is 1.77. The molecule has 1 unspecified atom stereocenters. The number of hydrogen-bond donors (Lipinski definition) is 0. The molecule has 8 nitrogen and oxygen atoms in total. The van der Waals surface area contributed by atoms with E-state index >= 15 is 0 Å². The minimum atomic E-state index is -0.620. The molecule has 1 atom stereocenters. The predicted molar refractivity (Wildman–Crippen MR) is 108 cm³/mol. The van der Waals surface area contributed by atoms with E-state index in [1.54, 1.807) is 16.9 Å². The molecule has 1 aromatic rings. The minimum Gasteiger partial charge on any atom is -0.469 e. The van der Waals surface area contributed by atoms with Gasteiger partial charge in [-0.25, -0.2) is 4.98 Å². The van der Waals surface area contributed by atoms with Crippen LogP contribution in [0, 0.1) is 5.92 Å². The van der Waals surface area contributed by atoms with Crippen LogP contribution in [0.25, 0.3) is 0 Å². The molecule has 160 valence electrons. The third-order valence-corrected chi connectivity index (χ3v) is 7.17. The smallest absolute Gasteiger partial charge is 0.311 e. The first kappa shape index (κ1) is 21.7. The van der Waals surface area contributed by atoms with E-state index in [4.69, 9.17) is 9.47 Å². The highest BCUT2D eigenvalue weighted by Crippen LogP contribution is 2.44. The number of thiazole rings is 1. The average Bonchev–Trinajstić information content (AvgIpc) is 3.30. The predicted octanol–water partition coefficient (Wildman–Crippen LogP) is 1.91. The van der Waals surface area contributed by atoms with Gasteiger partial charge < -0.3 is 19.3 Å². The molecule has 2 fully saturated rings. The van der Waals surface area contributed by atoms with Gasteiger partial charge in [-0.3, -0.25) is 14.4 Å². The zero-order valence-corrected chi connectivity index (χ0v) is 18.3. The first-order chi connectivity index (χ1) is 13.8. The van der Waals surface area contributed by atoms with E-state index in [0.717, 1.165) is 5.01 Å². The number of hydrogen-bond acceptors (Lipinski definition) is 7. The van der Waals surface area contributed by atoms with E-state index in [-0.39, 0.29) is 30.1 Å². The van der Waals surface area contributed by atoms with Crippen LogP contribution in [0.4, 0.5) is 0 Å². The van der Waals surface area contributed by atoms with Gasteiger partial charge in [0, 0.05) is 44.5 Å². The van der Waals surface area contributed by atoms with Crippen LogP contribution in [-0.4, -0.2) is 78.6 Å². The number of piperidine rings is 1. The Bertz CT molecular complexity index is 770. The van der Waals surface area contributed by atoms with Crippen LogP contribution in [0.1, 0.15) is 54.5 Å². The second-order valence-corrected chi connectivity index (χ2v) is 8.83. The SMILES string of the molecule is COCCN1C(=O)CC(C(=O)OC)C12CCN(C(=O)c1csc(C(C)C)n1)CC2. The number of amides is 2. The molecule has 0 saturated carbocycles. The fourth-order valence-corrected chi connectivity index (χ4v) is 5.22. The fourth-order valence-electron chi connectivity index (χ4n) is 4.41. The van der Waals surface area contributed by atoms with Gasteiger partial charge in [0.1, 0.15) is 5.69 Å².